The van der Waals surface area contributed by atoms with Gasteiger partial charge in [0.1, 0.15) is 11.1 Å². The molecule has 1 aromatic rings. The van der Waals surface area contributed by atoms with E-state index in [9.17, 15) is 0 Å². The third kappa shape index (κ3) is 4.25. The number of thiazole rings is 1. The average molecular weight is 298 g/mol. The van der Waals surface area contributed by atoms with Crippen molar-refractivity contribution in [1.29, 1.82) is 0 Å². The maximum Gasteiger partial charge on any atom is 0.122 e. The first kappa shape index (κ1) is 15.9. The van der Waals surface area contributed by atoms with Gasteiger partial charge >= 0.3 is 0 Å². The molecule has 1 N–H and O–H groups in total. The molecule has 0 amide bonds. The van der Waals surface area contributed by atoms with Gasteiger partial charge in [-0.05, 0) is 25.7 Å². The third-order valence-corrected chi connectivity index (χ3v) is 4.56. The van der Waals surface area contributed by atoms with Crippen LogP contribution in [0.4, 0.5) is 0 Å². The van der Waals surface area contributed by atoms with Gasteiger partial charge < -0.3 is 14.8 Å². The van der Waals surface area contributed by atoms with E-state index in [2.05, 4.69) is 19.2 Å². The number of ether oxygens (including phenoxy) is 2. The lowest BCUT2D eigenvalue weighted by atomic mass is 10.1. The number of rotatable bonds is 9. The minimum Gasteiger partial charge on any atom is -0.378 e. The van der Waals surface area contributed by atoms with Crippen LogP contribution in [0.15, 0.2) is 0 Å². The Morgan fingerprint density at radius 1 is 1.40 bits per heavy atom. The predicted molar refractivity (Wildman–Crippen MR) is 81.9 cm³/mol. The van der Waals surface area contributed by atoms with Gasteiger partial charge in [0.25, 0.3) is 0 Å². The number of aromatic nitrogens is 1. The van der Waals surface area contributed by atoms with E-state index in [4.69, 9.17) is 14.5 Å². The summed E-state index contributed by atoms with van der Waals surface area (Å²) in [6, 6.07) is 0.712. The quantitative estimate of drug-likeness (QED) is 0.760. The van der Waals surface area contributed by atoms with Crippen LogP contribution in [0.3, 0.4) is 0 Å². The van der Waals surface area contributed by atoms with Gasteiger partial charge in [0.15, 0.2) is 0 Å². The highest BCUT2D eigenvalue weighted by atomic mass is 32.1. The van der Waals surface area contributed by atoms with Crippen molar-refractivity contribution in [2.45, 2.75) is 58.9 Å². The molecule has 1 aliphatic carbocycles. The second-order valence-electron chi connectivity index (χ2n) is 5.63. The number of methoxy groups -OCH3 is 1. The predicted octanol–water partition coefficient (Wildman–Crippen LogP) is 3.28. The van der Waals surface area contributed by atoms with Gasteiger partial charge in [-0.15, -0.1) is 11.3 Å². The molecule has 0 spiro atoms. The summed E-state index contributed by atoms with van der Waals surface area (Å²) in [4.78, 5) is 6.06. The highest BCUT2D eigenvalue weighted by molar-refractivity contribution is 7.11. The summed E-state index contributed by atoms with van der Waals surface area (Å²) in [5, 5.41) is 4.64. The Bertz CT molecular complexity index is 416. The minimum atomic E-state index is 0.0929. The van der Waals surface area contributed by atoms with Crippen LogP contribution in [0.1, 0.15) is 55.3 Å². The van der Waals surface area contributed by atoms with Crippen LogP contribution in [-0.4, -0.2) is 24.7 Å². The van der Waals surface area contributed by atoms with Crippen LogP contribution >= 0.6 is 11.3 Å². The van der Waals surface area contributed by atoms with E-state index in [0.29, 0.717) is 18.6 Å². The van der Waals surface area contributed by atoms with Crippen molar-refractivity contribution >= 4 is 11.3 Å². The molecule has 1 fully saturated rings. The van der Waals surface area contributed by atoms with E-state index in [-0.39, 0.29) is 6.10 Å². The normalized spacial score (nSPS) is 16.9. The fourth-order valence-electron chi connectivity index (χ4n) is 2.17. The monoisotopic (exact) mass is 298 g/mol. The largest absolute Gasteiger partial charge is 0.378 e. The zero-order valence-corrected chi connectivity index (χ0v) is 13.8. The SMILES string of the molecule is CCOC(c1nc(COC)c(CNC2CC2)s1)C(C)C. The first-order valence-corrected chi connectivity index (χ1v) is 8.29. The van der Waals surface area contributed by atoms with Crippen LogP contribution in [0.25, 0.3) is 0 Å². The number of nitrogens with one attached hydrogen (secondary N) is 1. The second kappa shape index (κ2) is 7.50. The molecule has 1 atom stereocenters. The Morgan fingerprint density at radius 3 is 2.70 bits per heavy atom. The van der Waals surface area contributed by atoms with E-state index >= 15 is 0 Å². The van der Waals surface area contributed by atoms with Crippen LogP contribution in [0, 0.1) is 5.92 Å². The lowest BCUT2D eigenvalue weighted by Gasteiger charge is -2.18. The molecule has 20 heavy (non-hydrogen) atoms. The smallest absolute Gasteiger partial charge is 0.122 e. The molecule has 1 saturated carbocycles. The van der Waals surface area contributed by atoms with Crippen molar-refractivity contribution in [2.75, 3.05) is 13.7 Å². The first-order chi connectivity index (χ1) is 9.65. The molecule has 1 heterocycles. The van der Waals surface area contributed by atoms with Crippen LogP contribution in [0.2, 0.25) is 0 Å². The summed E-state index contributed by atoms with van der Waals surface area (Å²) in [7, 11) is 1.72. The average Bonchev–Trinajstić information content (AvgIpc) is 3.16. The van der Waals surface area contributed by atoms with Crippen molar-refractivity contribution < 1.29 is 9.47 Å². The van der Waals surface area contributed by atoms with Crippen LogP contribution in [0.5, 0.6) is 0 Å². The van der Waals surface area contributed by atoms with E-state index in [1.54, 1.807) is 18.4 Å². The molecule has 0 aliphatic heterocycles. The summed E-state index contributed by atoms with van der Waals surface area (Å²) >= 11 is 1.77. The molecule has 114 valence electrons. The highest BCUT2D eigenvalue weighted by Gasteiger charge is 2.24. The molecule has 0 aromatic carbocycles. The van der Waals surface area contributed by atoms with Gasteiger partial charge in [-0.2, -0.15) is 0 Å². The Morgan fingerprint density at radius 2 is 2.15 bits per heavy atom. The Kier molecular flexibility index (Phi) is 5.96. The molecular formula is C15H26N2O2S. The summed E-state index contributed by atoms with van der Waals surface area (Å²) in [6.45, 7) is 8.60. The summed E-state index contributed by atoms with van der Waals surface area (Å²) in [5.74, 6) is 0.431. The van der Waals surface area contributed by atoms with Gasteiger partial charge in [-0.25, -0.2) is 4.98 Å². The lowest BCUT2D eigenvalue weighted by Crippen LogP contribution is -2.15. The first-order valence-electron chi connectivity index (χ1n) is 7.48. The fraction of sp³-hybridized carbons (Fsp3) is 0.800. The van der Waals surface area contributed by atoms with E-state index in [0.717, 1.165) is 23.9 Å². The third-order valence-electron chi connectivity index (χ3n) is 3.40. The molecule has 0 bridgehead atoms. The number of hydrogen-bond donors (Lipinski definition) is 1. The van der Waals surface area contributed by atoms with E-state index < -0.39 is 0 Å². The molecule has 2 rings (SSSR count). The van der Waals surface area contributed by atoms with Crippen molar-refractivity contribution in [3.63, 3.8) is 0 Å². The lowest BCUT2D eigenvalue weighted by molar-refractivity contribution is 0.0290. The maximum absolute atomic E-state index is 5.86. The molecule has 1 aliphatic rings. The summed E-state index contributed by atoms with van der Waals surface area (Å²) < 4.78 is 11.1. The second-order valence-corrected chi connectivity index (χ2v) is 6.75. The molecule has 1 aromatic heterocycles. The highest BCUT2D eigenvalue weighted by Crippen LogP contribution is 2.32. The number of hydrogen-bond acceptors (Lipinski definition) is 5. The zero-order chi connectivity index (χ0) is 14.5. The standard InChI is InChI=1S/C15H26N2O2S/c1-5-19-14(10(2)3)15-17-12(9-18-4)13(20-15)8-16-11-6-7-11/h10-11,14,16H,5-9H2,1-4H3. The number of nitrogens with zero attached hydrogens (tertiary/aromatic N) is 1. The minimum absolute atomic E-state index is 0.0929. The van der Waals surface area contributed by atoms with E-state index in [1.807, 2.05) is 6.92 Å². The molecular weight excluding hydrogens is 272 g/mol. The van der Waals surface area contributed by atoms with E-state index in [1.165, 1.54) is 17.7 Å². The summed E-state index contributed by atoms with van der Waals surface area (Å²) in [6.07, 6.45) is 2.70. The molecule has 1 unspecified atom stereocenters. The molecule has 0 saturated heterocycles. The van der Waals surface area contributed by atoms with Gasteiger partial charge in [0.2, 0.25) is 0 Å². The fourth-order valence-corrected chi connectivity index (χ4v) is 3.41. The maximum atomic E-state index is 5.86. The Hall–Kier alpha value is -0.490. The Labute approximate surface area is 125 Å². The van der Waals surface area contributed by atoms with Crippen molar-refractivity contribution in [3.05, 3.63) is 15.6 Å². The topological polar surface area (TPSA) is 43.4 Å². The zero-order valence-electron chi connectivity index (χ0n) is 12.9. The van der Waals surface area contributed by atoms with Crippen LogP contribution in [-0.2, 0) is 22.6 Å². The Balaban J connectivity index is 2.12. The van der Waals surface area contributed by atoms with Gasteiger partial charge in [-0.1, -0.05) is 13.8 Å². The van der Waals surface area contributed by atoms with Gasteiger partial charge in [-0.3, -0.25) is 0 Å². The van der Waals surface area contributed by atoms with Gasteiger partial charge in [0, 0.05) is 31.2 Å². The molecule has 5 heteroatoms. The molecule has 0 radical (unpaired) electrons. The van der Waals surface area contributed by atoms with Crippen molar-refractivity contribution in [1.82, 2.24) is 10.3 Å². The van der Waals surface area contributed by atoms with Crippen molar-refractivity contribution in [3.8, 4) is 0 Å². The van der Waals surface area contributed by atoms with Gasteiger partial charge in [0.05, 0.1) is 12.3 Å². The van der Waals surface area contributed by atoms with Crippen LogP contribution < -0.4 is 5.32 Å². The molecule has 4 nitrogen and oxygen atoms in total. The van der Waals surface area contributed by atoms with Crippen molar-refractivity contribution in [2.24, 2.45) is 5.92 Å². The summed E-state index contributed by atoms with van der Waals surface area (Å²) in [5.41, 5.74) is 1.06.